The van der Waals surface area contributed by atoms with E-state index in [1.54, 1.807) is 7.05 Å². The molecule has 20 heavy (non-hydrogen) atoms. The molecule has 0 saturated carbocycles. The number of sulfone groups is 1. The van der Waals surface area contributed by atoms with Crippen LogP contribution in [-0.4, -0.2) is 70.6 Å². The van der Waals surface area contributed by atoms with Gasteiger partial charge in [-0.1, -0.05) is 6.92 Å². The van der Waals surface area contributed by atoms with E-state index in [1.807, 2.05) is 0 Å². The topological polar surface area (TPSA) is 73.8 Å². The number of hydrogen-bond donors (Lipinski definition) is 2. The minimum absolute atomic E-state index is 0. The van der Waals surface area contributed by atoms with Gasteiger partial charge in [0.1, 0.15) is 9.84 Å². The predicted molar refractivity (Wildman–Crippen MR) is 94.8 cm³/mol. The predicted octanol–water partition coefficient (Wildman–Crippen LogP) is 0.298. The van der Waals surface area contributed by atoms with Crippen LogP contribution in [0.5, 0.6) is 0 Å². The van der Waals surface area contributed by atoms with Gasteiger partial charge in [-0.25, -0.2) is 8.42 Å². The van der Waals surface area contributed by atoms with Gasteiger partial charge in [-0.3, -0.25) is 9.89 Å². The molecule has 1 fully saturated rings. The molecule has 0 amide bonds. The molecule has 0 aromatic rings. The van der Waals surface area contributed by atoms with Gasteiger partial charge in [0.25, 0.3) is 0 Å². The van der Waals surface area contributed by atoms with Crippen molar-refractivity contribution in [2.75, 3.05) is 45.2 Å². The molecule has 0 aromatic heterocycles. The first-order chi connectivity index (χ1) is 8.96. The number of hydrogen-bond acceptors (Lipinski definition) is 4. The van der Waals surface area contributed by atoms with Gasteiger partial charge in [-0.2, -0.15) is 0 Å². The normalized spacial score (nSPS) is 20.6. The summed E-state index contributed by atoms with van der Waals surface area (Å²) in [5, 5.41) is 6.29. The highest BCUT2D eigenvalue weighted by atomic mass is 127. The van der Waals surface area contributed by atoms with E-state index < -0.39 is 9.84 Å². The molecule has 6 nitrogen and oxygen atoms in total. The van der Waals surface area contributed by atoms with Crippen molar-refractivity contribution in [2.24, 2.45) is 4.99 Å². The standard InChI is InChI=1S/C12H26N4O2S.HI/c1-4-16-8-5-6-11(16)10-15-12(13-2)14-7-9-19(3,17)18;/h11H,4-10H2,1-3H3,(H2,13,14,15);1H. The Morgan fingerprint density at radius 1 is 1.40 bits per heavy atom. The summed E-state index contributed by atoms with van der Waals surface area (Å²) < 4.78 is 22.1. The molecule has 1 heterocycles. The summed E-state index contributed by atoms with van der Waals surface area (Å²) in [6, 6.07) is 0.554. The zero-order valence-electron chi connectivity index (χ0n) is 12.6. The zero-order chi connectivity index (χ0) is 14.3. The lowest BCUT2D eigenvalue weighted by atomic mass is 10.2. The molecule has 120 valence electrons. The second-order valence-electron chi connectivity index (χ2n) is 4.93. The molecule has 1 aliphatic rings. The van der Waals surface area contributed by atoms with Crippen LogP contribution in [0, 0.1) is 0 Å². The molecule has 1 unspecified atom stereocenters. The fraction of sp³-hybridized carbons (Fsp3) is 0.917. The molecule has 0 radical (unpaired) electrons. The largest absolute Gasteiger partial charge is 0.355 e. The van der Waals surface area contributed by atoms with Crippen LogP contribution in [-0.2, 0) is 9.84 Å². The van der Waals surface area contributed by atoms with Gasteiger partial charge in [0.15, 0.2) is 5.96 Å². The monoisotopic (exact) mass is 418 g/mol. The second kappa shape index (κ2) is 9.78. The van der Waals surface area contributed by atoms with Gasteiger partial charge in [0, 0.05) is 32.4 Å². The lowest BCUT2D eigenvalue weighted by Gasteiger charge is -2.23. The van der Waals surface area contributed by atoms with E-state index in [9.17, 15) is 8.42 Å². The van der Waals surface area contributed by atoms with E-state index in [2.05, 4.69) is 27.4 Å². The number of likely N-dealkylation sites (tertiary alicyclic amines) is 1. The van der Waals surface area contributed by atoms with Crippen molar-refractivity contribution in [3.8, 4) is 0 Å². The number of nitrogens with one attached hydrogen (secondary N) is 2. The Labute approximate surface area is 139 Å². The van der Waals surface area contributed by atoms with Gasteiger partial charge >= 0.3 is 0 Å². The Bertz CT molecular complexity index is 400. The zero-order valence-corrected chi connectivity index (χ0v) is 15.7. The smallest absolute Gasteiger partial charge is 0.191 e. The van der Waals surface area contributed by atoms with Crippen LogP contribution in [0.3, 0.4) is 0 Å². The number of likely N-dealkylation sites (N-methyl/N-ethyl adjacent to an activating group) is 1. The third-order valence-corrected chi connectivity index (χ3v) is 4.34. The molecule has 1 saturated heterocycles. The molecule has 2 N–H and O–H groups in total. The first-order valence-corrected chi connectivity index (χ1v) is 8.88. The van der Waals surface area contributed by atoms with Gasteiger partial charge in [-0.15, -0.1) is 24.0 Å². The average molecular weight is 418 g/mol. The van der Waals surface area contributed by atoms with E-state index in [4.69, 9.17) is 0 Å². The molecule has 1 atom stereocenters. The lowest BCUT2D eigenvalue weighted by Crippen LogP contribution is -2.45. The Morgan fingerprint density at radius 3 is 2.65 bits per heavy atom. The third-order valence-electron chi connectivity index (χ3n) is 3.40. The number of rotatable bonds is 6. The fourth-order valence-electron chi connectivity index (χ4n) is 2.33. The van der Waals surface area contributed by atoms with Gasteiger partial charge in [-0.05, 0) is 25.9 Å². The second-order valence-corrected chi connectivity index (χ2v) is 7.19. The lowest BCUT2D eigenvalue weighted by molar-refractivity contribution is 0.267. The summed E-state index contributed by atoms with van der Waals surface area (Å²) >= 11 is 0. The van der Waals surface area contributed by atoms with Crippen LogP contribution in [0.2, 0.25) is 0 Å². The maximum atomic E-state index is 11.0. The van der Waals surface area contributed by atoms with Crippen molar-refractivity contribution in [2.45, 2.75) is 25.8 Å². The Kier molecular flexibility index (Phi) is 9.73. The van der Waals surface area contributed by atoms with Crippen molar-refractivity contribution in [1.29, 1.82) is 0 Å². The van der Waals surface area contributed by atoms with Crippen LogP contribution in [0.25, 0.3) is 0 Å². The van der Waals surface area contributed by atoms with Crippen LogP contribution >= 0.6 is 24.0 Å². The van der Waals surface area contributed by atoms with Crippen molar-refractivity contribution in [3.05, 3.63) is 0 Å². The maximum Gasteiger partial charge on any atom is 0.191 e. The first-order valence-electron chi connectivity index (χ1n) is 6.82. The number of halogens is 1. The summed E-state index contributed by atoms with van der Waals surface area (Å²) in [6.07, 6.45) is 3.70. The first kappa shape index (κ1) is 19.9. The highest BCUT2D eigenvalue weighted by Gasteiger charge is 2.22. The van der Waals surface area contributed by atoms with E-state index in [0.29, 0.717) is 18.5 Å². The molecule has 8 heteroatoms. The fourth-order valence-corrected chi connectivity index (χ4v) is 2.81. The third kappa shape index (κ3) is 7.63. The summed E-state index contributed by atoms with van der Waals surface area (Å²) in [6.45, 7) is 5.67. The molecule has 0 aliphatic carbocycles. The van der Waals surface area contributed by atoms with Crippen molar-refractivity contribution in [3.63, 3.8) is 0 Å². The molecule has 1 rings (SSSR count). The molecular weight excluding hydrogens is 391 g/mol. The highest BCUT2D eigenvalue weighted by Crippen LogP contribution is 2.15. The number of aliphatic imine (C=N–C) groups is 1. The summed E-state index contributed by atoms with van der Waals surface area (Å²) in [7, 11) is -1.23. The van der Waals surface area contributed by atoms with Gasteiger partial charge in [0.2, 0.25) is 0 Å². The molecule has 0 spiro atoms. The average Bonchev–Trinajstić information content (AvgIpc) is 2.79. The number of nitrogens with zero attached hydrogens (tertiary/aromatic N) is 2. The van der Waals surface area contributed by atoms with Gasteiger partial charge in [0.05, 0.1) is 5.75 Å². The highest BCUT2D eigenvalue weighted by molar-refractivity contribution is 14.0. The summed E-state index contributed by atoms with van der Waals surface area (Å²) in [5.74, 6) is 0.796. The molecule has 0 aromatic carbocycles. The molecular formula is C12H27IN4O2S. The minimum atomic E-state index is -2.92. The Hall–Kier alpha value is -0.0900. The molecule has 0 bridgehead atoms. The SMILES string of the molecule is CCN1CCCC1CNC(=NC)NCCS(C)(=O)=O.I. The van der Waals surface area contributed by atoms with E-state index in [0.717, 1.165) is 13.1 Å². The molecule has 1 aliphatic heterocycles. The minimum Gasteiger partial charge on any atom is -0.355 e. The van der Waals surface area contributed by atoms with Crippen LogP contribution in [0.1, 0.15) is 19.8 Å². The van der Waals surface area contributed by atoms with Crippen molar-refractivity contribution >= 4 is 39.8 Å². The number of guanidine groups is 1. The van der Waals surface area contributed by atoms with Crippen LogP contribution < -0.4 is 10.6 Å². The maximum absolute atomic E-state index is 11.0. The van der Waals surface area contributed by atoms with Gasteiger partial charge < -0.3 is 10.6 Å². The van der Waals surface area contributed by atoms with Crippen LogP contribution in [0.4, 0.5) is 0 Å². The van der Waals surface area contributed by atoms with E-state index in [-0.39, 0.29) is 29.7 Å². The van der Waals surface area contributed by atoms with E-state index >= 15 is 0 Å². The summed E-state index contributed by atoms with van der Waals surface area (Å²) in [5.41, 5.74) is 0. The van der Waals surface area contributed by atoms with Crippen molar-refractivity contribution < 1.29 is 8.42 Å². The van der Waals surface area contributed by atoms with Crippen molar-refractivity contribution in [1.82, 2.24) is 15.5 Å². The Balaban J connectivity index is 0.00000361. The summed E-state index contributed by atoms with van der Waals surface area (Å²) in [4.78, 5) is 6.56. The van der Waals surface area contributed by atoms with E-state index in [1.165, 1.54) is 25.6 Å². The quantitative estimate of drug-likeness (QED) is 0.369. The Morgan fingerprint density at radius 2 is 2.10 bits per heavy atom. The van der Waals surface area contributed by atoms with Crippen LogP contribution in [0.15, 0.2) is 4.99 Å².